The van der Waals surface area contributed by atoms with Crippen LogP contribution in [0.25, 0.3) is 0 Å². The first-order valence-electron chi connectivity index (χ1n) is 9.62. The predicted octanol–water partition coefficient (Wildman–Crippen LogP) is 5.03. The summed E-state index contributed by atoms with van der Waals surface area (Å²) in [5.41, 5.74) is 0.633. The molecule has 0 radical (unpaired) electrons. The molecule has 1 unspecified atom stereocenters. The van der Waals surface area contributed by atoms with E-state index in [1.165, 1.54) is 60.7 Å². The summed E-state index contributed by atoms with van der Waals surface area (Å²) in [5.74, 6) is 0.214. The lowest BCUT2D eigenvalue weighted by Gasteiger charge is -2.35. The van der Waals surface area contributed by atoms with Crippen LogP contribution in [0.2, 0.25) is 0 Å². The Labute approximate surface area is 197 Å². The number of aromatic hydroxyl groups is 1. The number of phenolic OH excluding ortho intramolecular Hbond substituents is 1. The van der Waals surface area contributed by atoms with E-state index in [0.717, 1.165) is 4.31 Å². The van der Waals surface area contributed by atoms with Crippen molar-refractivity contribution < 1.29 is 37.3 Å². The van der Waals surface area contributed by atoms with Gasteiger partial charge in [-0.1, -0.05) is 15.9 Å². The lowest BCUT2D eigenvalue weighted by atomic mass is 9.98. The van der Waals surface area contributed by atoms with Gasteiger partial charge in [-0.2, -0.15) is 4.31 Å². The lowest BCUT2D eigenvalue weighted by Crippen LogP contribution is -2.42. The van der Waals surface area contributed by atoms with E-state index in [1.807, 2.05) is 0 Å². The number of fused-ring (bicyclic) bond motifs is 1. The highest BCUT2D eigenvalue weighted by atomic mass is 79.9. The van der Waals surface area contributed by atoms with E-state index >= 15 is 0 Å². The van der Waals surface area contributed by atoms with Crippen LogP contribution in [0.4, 0.5) is 9.18 Å². The van der Waals surface area contributed by atoms with Gasteiger partial charge < -0.3 is 19.7 Å². The van der Waals surface area contributed by atoms with Crippen LogP contribution in [-0.4, -0.2) is 35.6 Å². The first kappa shape index (κ1) is 23.0. The Morgan fingerprint density at radius 3 is 2.24 bits per heavy atom. The van der Waals surface area contributed by atoms with Gasteiger partial charge in [0.05, 0.1) is 4.90 Å². The third kappa shape index (κ3) is 4.65. The number of phenols is 1. The summed E-state index contributed by atoms with van der Waals surface area (Å²) in [6, 6.07) is 13.8. The van der Waals surface area contributed by atoms with Gasteiger partial charge in [-0.3, -0.25) is 0 Å². The molecule has 33 heavy (non-hydrogen) atoms. The van der Waals surface area contributed by atoms with E-state index in [0.29, 0.717) is 21.5 Å². The van der Waals surface area contributed by atoms with Gasteiger partial charge in [0.15, 0.2) is 6.23 Å². The van der Waals surface area contributed by atoms with Crippen molar-refractivity contribution in [2.75, 3.05) is 6.54 Å². The van der Waals surface area contributed by atoms with E-state index in [4.69, 9.17) is 9.47 Å². The molecule has 0 bridgehead atoms. The second kappa shape index (κ2) is 9.00. The minimum atomic E-state index is -4.19. The molecule has 0 amide bonds. The van der Waals surface area contributed by atoms with Crippen molar-refractivity contribution >= 4 is 32.1 Å². The van der Waals surface area contributed by atoms with Crippen LogP contribution < -0.4 is 4.74 Å². The molecule has 172 valence electrons. The Morgan fingerprint density at radius 1 is 1.03 bits per heavy atom. The van der Waals surface area contributed by atoms with Gasteiger partial charge in [0.2, 0.25) is 10.0 Å². The molecule has 0 fully saturated rings. The summed E-state index contributed by atoms with van der Waals surface area (Å²) in [7, 11) is -4.19. The molecule has 11 heteroatoms. The number of halogens is 2. The van der Waals surface area contributed by atoms with Gasteiger partial charge >= 0.3 is 6.16 Å². The average Bonchev–Trinajstić information content (AvgIpc) is 2.78. The van der Waals surface area contributed by atoms with Crippen LogP contribution in [0.5, 0.6) is 17.2 Å². The summed E-state index contributed by atoms with van der Waals surface area (Å²) < 4.78 is 51.7. The van der Waals surface area contributed by atoms with Crippen LogP contribution >= 0.6 is 15.9 Å². The highest BCUT2D eigenvalue weighted by molar-refractivity contribution is 9.10. The smallest absolute Gasteiger partial charge is 0.507 e. The molecule has 0 aromatic heterocycles. The molecule has 0 saturated carbocycles. The van der Waals surface area contributed by atoms with E-state index in [1.54, 1.807) is 0 Å². The molecule has 8 nitrogen and oxygen atoms in total. The van der Waals surface area contributed by atoms with Crippen molar-refractivity contribution in [3.63, 3.8) is 0 Å². The van der Waals surface area contributed by atoms with Gasteiger partial charge in [0.25, 0.3) is 0 Å². The molecule has 0 saturated heterocycles. The highest BCUT2D eigenvalue weighted by Gasteiger charge is 2.41. The molecule has 1 atom stereocenters. The molecular weight excluding hydrogens is 521 g/mol. The Hall–Kier alpha value is -3.15. The van der Waals surface area contributed by atoms with Crippen molar-refractivity contribution in [3.8, 4) is 17.2 Å². The first-order valence-corrected chi connectivity index (χ1v) is 11.9. The van der Waals surface area contributed by atoms with Gasteiger partial charge in [-0.25, -0.2) is 17.6 Å². The maximum atomic E-state index is 13.4. The average molecular weight is 538 g/mol. The third-order valence-corrected chi connectivity index (χ3v) is 7.61. The summed E-state index contributed by atoms with van der Waals surface area (Å²) in [5, 5.41) is 19.4. The van der Waals surface area contributed by atoms with Crippen molar-refractivity contribution in [1.29, 1.82) is 0 Å². The Morgan fingerprint density at radius 2 is 1.64 bits per heavy atom. The fraction of sp³-hybridized carbons (Fsp3) is 0.136. The number of benzene rings is 3. The molecule has 2 N–H and O–H groups in total. The number of ether oxygens (including phenoxy) is 2. The minimum Gasteiger partial charge on any atom is -0.508 e. The number of carboxylic acid groups (broad SMARTS) is 1. The highest BCUT2D eigenvalue weighted by Crippen LogP contribution is 2.42. The Bertz CT molecular complexity index is 1300. The number of hydrogen-bond acceptors (Lipinski definition) is 6. The summed E-state index contributed by atoms with van der Waals surface area (Å²) in [6.45, 7) is -0.106. The molecular formula is C22H17BrFNO7S. The number of nitrogens with zero attached hydrogens (tertiary/aromatic N) is 1. The van der Waals surface area contributed by atoms with Crippen LogP contribution in [-0.2, 0) is 21.2 Å². The molecule has 1 heterocycles. The van der Waals surface area contributed by atoms with Crippen LogP contribution in [0.1, 0.15) is 17.4 Å². The number of hydrogen-bond donors (Lipinski definition) is 2. The Kier molecular flexibility index (Phi) is 6.28. The SMILES string of the molecule is O=C(O)OC1c2c(Br)ccc(O)c2CCN1S(=O)(=O)c1ccc(Oc2ccc(F)cc2)cc1. The van der Waals surface area contributed by atoms with Crippen molar-refractivity contribution in [2.45, 2.75) is 17.5 Å². The maximum Gasteiger partial charge on any atom is 0.507 e. The standard InChI is InChI=1S/C22H17BrFNO7S/c23-18-9-10-19(26)17-11-12-25(21(20(17)18)32-22(27)28)33(29,30)16-7-5-15(6-8-16)31-14-3-1-13(24)2-4-14/h1-10,21,26H,11-12H2,(H,27,28). The number of rotatable bonds is 5. The van der Waals surface area contributed by atoms with E-state index in [2.05, 4.69) is 15.9 Å². The maximum absolute atomic E-state index is 13.4. The first-order chi connectivity index (χ1) is 15.7. The molecule has 0 aliphatic carbocycles. The topological polar surface area (TPSA) is 113 Å². The molecule has 3 aromatic carbocycles. The van der Waals surface area contributed by atoms with E-state index in [-0.39, 0.29) is 29.2 Å². The van der Waals surface area contributed by atoms with E-state index < -0.39 is 28.2 Å². The van der Waals surface area contributed by atoms with Gasteiger partial charge in [0, 0.05) is 22.1 Å². The largest absolute Gasteiger partial charge is 0.508 e. The van der Waals surface area contributed by atoms with Crippen molar-refractivity contribution in [1.82, 2.24) is 4.31 Å². The fourth-order valence-corrected chi connectivity index (χ4v) is 5.60. The zero-order chi connectivity index (χ0) is 23.8. The van der Waals surface area contributed by atoms with Crippen LogP contribution in [0.15, 0.2) is 70.0 Å². The van der Waals surface area contributed by atoms with Crippen LogP contribution in [0.3, 0.4) is 0 Å². The van der Waals surface area contributed by atoms with Gasteiger partial charge in [0.1, 0.15) is 23.1 Å². The summed E-state index contributed by atoms with van der Waals surface area (Å²) in [4.78, 5) is 11.3. The number of sulfonamides is 1. The molecule has 4 rings (SSSR count). The van der Waals surface area contributed by atoms with Gasteiger partial charge in [-0.15, -0.1) is 0 Å². The quantitative estimate of drug-likeness (QED) is 0.439. The summed E-state index contributed by atoms with van der Waals surface area (Å²) in [6.07, 6.45) is -3.00. The second-order valence-corrected chi connectivity index (χ2v) is 9.83. The third-order valence-electron chi connectivity index (χ3n) is 5.06. The van der Waals surface area contributed by atoms with Crippen molar-refractivity contribution in [2.24, 2.45) is 0 Å². The summed E-state index contributed by atoms with van der Waals surface area (Å²) >= 11 is 3.30. The monoisotopic (exact) mass is 537 g/mol. The fourth-order valence-electron chi connectivity index (χ4n) is 3.55. The molecule has 3 aromatic rings. The lowest BCUT2D eigenvalue weighted by molar-refractivity contribution is -0.00646. The molecule has 0 spiro atoms. The van der Waals surface area contributed by atoms with Crippen molar-refractivity contribution in [3.05, 3.63) is 82.1 Å². The van der Waals surface area contributed by atoms with E-state index in [9.17, 15) is 27.8 Å². The molecule has 1 aliphatic heterocycles. The van der Waals surface area contributed by atoms with Crippen LogP contribution in [0, 0.1) is 5.82 Å². The predicted molar refractivity (Wildman–Crippen MR) is 118 cm³/mol. The minimum absolute atomic E-state index is 0.0773. The van der Waals surface area contributed by atoms with Gasteiger partial charge in [-0.05, 0) is 67.1 Å². The zero-order valence-electron chi connectivity index (χ0n) is 16.8. The Balaban J connectivity index is 1.65. The molecule has 1 aliphatic rings. The second-order valence-electron chi connectivity index (χ2n) is 7.09. The number of carbonyl (C=O) groups is 1. The zero-order valence-corrected chi connectivity index (χ0v) is 19.2. The normalized spacial score (nSPS) is 16.1.